The average molecular weight is 365 g/mol. The lowest BCUT2D eigenvalue weighted by Gasteiger charge is -2.13. The molecule has 6 heteroatoms. The third kappa shape index (κ3) is 4.78. The van der Waals surface area contributed by atoms with Gasteiger partial charge in [-0.25, -0.2) is 9.98 Å². The molecule has 0 aliphatic heterocycles. The van der Waals surface area contributed by atoms with E-state index in [0.717, 1.165) is 53.8 Å². The normalized spacial score (nSPS) is 11.6. The van der Waals surface area contributed by atoms with Crippen molar-refractivity contribution in [3.05, 3.63) is 59.9 Å². The molecule has 0 radical (unpaired) electrons. The van der Waals surface area contributed by atoms with E-state index in [2.05, 4.69) is 38.2 Å². The number of rotatable bonds is 7. The first-order valence-corrected chi connectivity index (χ1v) is 9.28. The van der Waals surface area contributed by atoms with E-state index in [9.17, 15) is 0 Å². The molecule has 0 spiro atoms. The lowest BCUT2D eigenvalue weighted by atomic mass is 10.2. The van der Waals surface area contributed by atoms with Crippen LogP contribution in [0.4, 0.5) is 0 Å². The molecule has 0 saturated heterocycles. The van der Waals surface area contributed by atoms with Crippen LogP contribution < -0.4 is 15.4 Å². The van der Waals surface area contributed by atoms with Crippen LogP contribution in [0, 0.1) is 6.92 Å². The topological polar surface area (TPSA) is 63.5 Å². The summed E-state index contributed by atoms with van der Waals surface area (Å²) in [6, 6.07) is 16.2. The highest BCUT2D eigenvalue weighted by Gasteiger charge is 2.06. The number of benzene rings is 2. The van der Waals surface area contributed by atoms with Crippen molar-refractivity contribution in [2.75, 3.05) is 20.2 Å². The van der Waals surface area contributed by atoms with Crippen LogP contribution in [0.2, 0.25) is 0 Å². The van der Waals surface area contributed by atoms with Crippen molar-refractivity contribution in [3.63, 3.8) is 0 Å². The smallest absolute Gasteiger partial charge is 0.191 e. The molecule has 3 aromatic rings. The van der Waals surface area contributed by atoms with Gasteiger partial charge in [0.1, 0.15) is 11.6 Å². The molecule has 142 valence electrons. The fraction of sp³-hybridized carbons (Fsp3) is 0.333. The second kappa shape index (κ2) is 9.07. The number of nitrogens with zero attached hydrogens (tertiary/aromatic N) is 3. The predicted molar refractivity (Wildman–Crippen MR) is 110 cm³/mol. The SMILES string of the molecule is CCNC(=NCc1ccc(OC)cc1)NCCn1c(C)nc2ccccc21. The number of hydrogen-bond donors (Lipinski definition) is 2. The summed E-state index contributed by atoms with van der Waals surface area (Å²) in [4.78, 5) is 9.29. The van der Waals surface area contributed by atoms with E-state index in [4.69, 9.17) is 4.74 Å². The average Bonchev–Trinajstić information content (AvgIpc) is 3.02. The molecule has 1 aromatic heterocycles. The summed E-state index contributed by atoms with van der Waals surface area (Å²) < 4.78 is 7.43. The van der Waals surface area contributed by atoms with E-state index in [1.54, 1.807) is 7.11 Å². The van der Waals surface area contributed by atoms with E-state index in [1.807, 2.05) is 49.4 Å². The van der Waals surface area contributed by atoms with E-state index in [-0.39, 0.29) is 0 Å². The van der Waals surface area contributed by atoms with Crippen LogP contribution >= 0.6 is 0 Å². The minimum absolute atomic E-state index is 0.617. The number of para-hydroxylation sites is 2. The molecule has 0 atom stereocenters. The van der Waals surface area contributed by atoms with Gasteiger partial charge in [0.25, 0.3) is 0 Å². The third-order valence-corrected chi connectivity index (χ3v) is 4.40. The van der Waals surface area contributed by atoms with Gasteiger partial charge in [0.2, 0.25) is 0 Å². The van der Waals surface area contributed by atoms with E-state index < -0.39 is 0 Å². The van der Waals surface area contributed by atoms with Gasteiger partial charge in [-0.3, -0.25) is 0 Å². The summed E-state index contributed by atoms with van der Waals surface area (Å²) in [5.41, 5.74) is 3.34. The lowest BCUT2D eigenvalue weighted by Crippen LogP contribution is -2.38. The maximum Gasteiger partial charge on any atom is 0.191 e. The van der Waals surface area contributed by atoms with Gasteiger partial charge in [0.05, 0.1) is 24.7 Å². The molecule has 0 saturated carbocycles. The number of ether oxygens (including phenoxy) is 1. The first-order valence-electron chi connectivity index (χ1n) is 9.28. The van der Waals surface area contributed by atoms with Crippen molar-refractivity contribution in [1.29, 1.82) is 0 Å². The summed E-state index contributed by atoms with van der Waals surface area (Å²) in [6.07, 6.45) is 0. The Morgan fingerprint density at radius 2 is 1.89 bits per heavy atom. The van der Waals surface area contributed by atoms with E-state index in [0.29, 0.717) is 6.54 Å². The van der Waals surface area contributed by atoms with Gasteiger partial charge in [-0.05, 0) is 43.7 Å². The van der Waals surface area contributed by atoms with Crippen molar-refractivity contribution < 1.29 is 4.74 Å². The summed E-state index contributed by atoms with van der Waals surface area (Å²) in [7, 11) is 1.67. The number of imidazole rings is 1. The molecule has 27 heavy (non-hydrogen) atoms. The molecule has 2 N–H and O–H groups in total. The van der Waals surface area contributed by atoms with Gasteiger partial charge in [-0.1, -0.05) is 24.3 Å². The van der Waals surface area contributed by atoms with E-state index >= 15 is 0 Å². The molecule has 0 bridgehead atoms. The van der Waals surface area contributed by atoms with Gasteiger partial charge in [-0.2, -0.15) is 0 Å². The van der Waals surface area contributed by atoms with Gasteiger partial charge < -0.3 is 19.9 Å². The molecular formula is C21H27N5O. The summed E-state index contributed by atoms with van der Waals surface area (Å²) >= 11 is 0. The zero-order chi connectivity index (χ0) is 19.1. The lowest BCUT2D eigenvalue weighted by molar-refractivity contribution is 0.414. The molecule has 0 amide bonds. The standard InChI is InChI=1S/C21H27N5O/c1-4-22-21(24-15-17-9-11-18(27-3)12-10-17)23-13-14-26-16(2)25-19-7-5-6-8-20(19)26/h5-12H,4,13-15H2,1-3H3,(H2,22,23,24). The van der Waals surface area contributed by atoms with Crippen LogP contribution in [0.15, 0.2) is 53.5 Å². The Hall–Kier alpha value is -3.02. The Morgan fingerprint density at radius 1 is 1.11 bits per heavy atom. The second-order valence-corrected chi connectivity index (χ2v) is 6.27. The number of hydrogen-bond acceptors (Lipinski definition) is 3. The molecule has 0 fully saturated rings. The highest BCUT2D eigenvalue weighted by atomic mass is 16.5. The van der Waals surface area contributed by atoms with Crippen molar-refractivity contribution in [2.24, 2.45) is 4.99 Å². The number of aliphatic imine (C=N–C) groups is 1. The number of guanidine groups is 1. The van der Waals surface area contributed by atoms with Crippen LogP contribution in [-0.4, -0.2) is 35.7 Å². The molecule has 0 aliphatic rings. The van der Waals surface area contributed by atoms with Gasteiger partial charge in [-0.15, -0.1) is 0 Å². The fourth-order valence-corrected chi connectivity index (χ4v) is 3.01. The molecule has 1 heterocycles. The third-order valence-electron chi connectivity index (χ3n) is 4.40. The Morgan fingerprint density at radius 3 is 2.63 bits per heavy atom. The summed E-state index contributed by atoms with van der Waals surface area (Å²) in [5, 5.41) is 6.71. The first-order chi connectivity index (χ1) is 13.2. The molecule has 3 rings (SSSR count). The molecular weight excluding hydrogens is 338 g/mol. The molecule has 0 unspecified atom stereocenters. The number of aryl methyl sites for hydroxylation is 1. The molecule has 2 aromatic carbocycles. The monoisotopic (exact) mass is 365 g/mol. The van der Waals surface area contributed by atoms with Crippen molar-refractivity contribution in [1.82, 2.24) is 20.2 Å². The van der Waals surface area contributed by atoms with Crippen molar-refractivity contribution >= 4 is 17.0 Å². The Labute approximate surface area is 160 Å². The first kappa shape index (κ1) is 18.8. The van der Waals surface area contributed by atoms with Crippen LogP contribution in [0.25, 0.3) is 11.0 Å². The number of aromatic nitrogens is 2. The Bertz CT molecular complexity index is 899. The van der Waals surface area contributed by atoms with Gasteiger partial charge >= 0.3 is 0 Å². The molecule has 0 aliphatic carbocycles. The van der Waals surface area contributed by atoms with E-state index in [1.165, 1.54) is 0 Å². The predicted octanol–water partition coefficient (Wildman–Crippen LogP) is 3.11. The number of nitrogens with one attached hydrogen (secondary N) is 2. The minimum Gasteiger partial charge on any atom is -0.497 e. The number of fused-ring (bicyclic) bond motifs is 1. The fourth-order valence-electron chi connectivity index (χ4n) is 3.01. The minimum atomic E-state index is 0.617. The zero-order valence-electron chi connectivity index (χ0n) is 16.2. The highest BCUT2D eigenvalue weighted by Crippen LogP contribution is 2.15. The quantitative estimate of drug-likeness (QED) is 0.499. The summed E-state index contributed by atoms with van der Waals surface area (Å²) in [5.74, 6) is 2.70. The van der Waals surface area contributed by atoms with Crippen molar-refractivity contribution in [3.8, 4) is 5.75 Å². The Balaban J connectivity index is 1.61. The highest BCUT2D eigenvalue weighted by molar-refractivity contribution is 5.79. The van der Waals surface area contributed by atoms with Crippen LogP contribution in [0.5, 0.6) is 5.75 Å². The molecule has 6 nitrogen and oxygen atoms in total. The number of methoxy groups -OCH3 is 1. The van der Waals surface area contributed by atoms with Crippen LogP contribution in [-0.2, 0) is 13.1 Å². The zero-order valence-corrected chi connectivity index (χ0v) is 16.2. The Kier molecular flexibility index (Phi) is 6.30. The maximum atomic E-state index is 5.19. The largest absolute Gasteiger partial charge is 0.497 e. The second-order valence-electron chi connectivity index (χ2n) is 6.27. The van der Waals surface area contributed by atoms with Crippen LogP contribution in [0.3, 0.4) is 0 Å². The van der Waals surface area contributed by atoms with Crippen molar-refractivity contribution in [2.45, 2.75) is 26.9 Å². The van der Waals surface area contributed by atoms with Gasteiger partial charge in [0, 0.05) is 19.6 Å². The maximum absolute atomic E-state index is 5.19. The van der Waals surface area contributed by atoms with Gasteiger partial charge in [0.15, 0.2) is 5.96 Å². The summed E-state index contributed by atoms with van der Waals surface area (Å²) in [6.45, 7) is 7.16. The van der Waals surface area contributed by atoms with Crippen LogP contribution in [0.1, 0.15) is 18.3 Å².